The highest BCUT2D eigenvalue weighted by Crippen LogP contribution is 2.19. The van der Waals surface area contributed by atoms with E-state index in [1.165, 1.54) is 0 Å². The van der Waals surface area contributed by atoms with Crippen molar-refractivity contribution in [2.75, 3.05) is 11.9 Å². The summed E-state index contributed by atoms with van der Waals surface area (Å²) in [5, 5.41) is 0.938. The van der Waals surface area contributed by atoms with Crippen LogP contribution in [0.3, 0.4) is 0 Å². The third kappa shape index (κ3) is 2.16. The first kappa shape index (κ1) is 12.4. The molecule has 0 aliphatic rings. The van der Waals surface area contributed by atoms with Crippen LogP contribution in [0.5, 0.6) is 0 Å². The Morgan fingerprint density at radius 3 is 2.80 bits per heavy atom. The summed E-state index contributed by atoms with van der Waals surface area (Å²) in [4.78, 5) is 21.4. The molecule has 0 fully saturated rings. The lowest BCUT2D eigenvalue weighted by Crippen LogP contribution is -2.26. The van der Waals surface area contributed by atoms with Crippen LogP contribution in [0.1, 0.15) is 16.1 Å². The number of aryl methyl sites for hydroxylation is 1. The second kappa shape index (κ2) is 4.81. The van der Waals surface area contributed by atoms with Gasteiger partial charge in [-0.05, 0) is 42.8 Å². The van der Waals surface area contributed by atoms with Crippen molar-refractivity contribution in [2.24, 2.45) is 0 Å². The van der Waals surface area contributed by atoms with Gasteiger partial charge in [0.1, 0.15) is 11.3 Å². The Labute approximate surface area is 117 Å². The highest BCUT2D eigenvalue weighted by molar-refractivity contribution is 6.06. The van der Waals surface area contributed by atoms with Gasteiger partial charge < -0.3 is 9.88 Å². The Morgan fingerprint density at radius 1 is 1.20 bits per heavy atom. The minimum atomic E-state index is -0.0754. The summed E-state index contributed by atoms with van der Waals surface area (Å²) in [6.07, 6.45) is 1.71. The van der Waals surface area contributed by atoms with Gasteiger partial charge in [-0.2, -0.15) is 0 Å². The van der Waals surface area contributed by atoms with Gasteiger partial charge in [-0.3, -0.25) is 4.79 Å². The molecule has 0 saturated carbocycles. The Hall–Kier alpha value is -2.62. The summed E-state index contributed by atoms with van der Waals surface area (Å²) in [5.74, 6) is -0.0754. The van der Waals surface area contributed by atoms with E-state index in [-0.39, 0.29) is 5.91 Å². The molecule has 2 aromatic heterocycles. The van der Waals surface area contributed by atoms with Crippen molar-refractivity contribution in [3.63, 3.8) is 0 Å². The molecule has 3 aromatic rings. The average molecular weight is 265 g/mol. The molecule has 0 saturated heterocycles. The van der Waals surface area contributed by atoms with E-state index in [2.05, 4.69) is 9.97 Å². The second-order valence-electron chi connectivity index (χ2n) is 4.83. The number of hydrogen-bond acceptors (Lipinski definition) is 2. The molecule has 1 N–H and O–H groups in total. The van der Waals surface area contributed by atoms with Gasteiger partial charge in [0.05, 0.1) is 0 Å². The lowest BCUT2D eigenvalue weighted by Gasteiger charge is -2.16. The lowest BCUT2D eigenvalue weighted by atomic mass is 10.2. The SMILES string of the molecule is Cc1cccc(N(C)C(=O)c2cc3cccnc3[nH]2)c1. The summed E-state index contributed by atoms with van der Waals surface area (Å²) >= 11 is 0. The summed E-state index contributed by atoms with van der Waals surface area (Å²) < 4.78 is 0. The van der Waals surface area contributed by atoms with E-state index >= 15 is 0 Å². The topological polar surface area (TPSA) is 49.0 Å². The molecular weight excluding hydrogens is 250 g/mol. The number of aromatic nitrogens is 2. The van der Waals surface area contributed by atoms with Gasteiger partial charge in [-0.15, -0.1) is 0 Å². The highest BCUT2D eigenvalue weighted by Gasteiger charge is 2.16. The molecule has 1 amide bonds. The number of hydrogen-bond donors (Lipinski definition) is 1. The quantitative estimate of drug-likeness (QED) is 0.773. The molecule has 20 heavy (non-hydrogen) atoms. The van der Waals surface area contributed by atoms with Crippen molar-refractivity contribution in [2.45, 2.75) is 6.92 Å². The lowest BCUT2D eigenvalue weighted by molar-refractivity contribution is 0.0989. The third-order valence-corrected chi connectivity index (χ3v) is 3.32. The van der Waals surface area contributed by atoms with Crippen molar-refractivity contribution in [3.05, 3.63) is 59.9 Å². The molecule has 100 valence electrons. The predicted molar refractivity (Wildman–Crippen MR) is 80.0 cm³/mol. The molecule has 3 rings (SSSR count). The van der Waals surface area contributed by atoms with Gasteiger partial charge in [-0.1, -0.05) is 12.1 Å². The average Bonchev–Trinajstić information content (AvgIpc) is 2.89. The Balaban J connectivity index is 1.95. The fraction of sp³-hybridized carbons (Fsp3) is 0.125. The number of pyridine rings is 1. The Morgan fingerprint density at radius 2 is 2.05 bits per heavy atom. The third-order valence-electron chi connectivity index (χ3n) is 3.32. The Kier molecular flexibility index (Phi) is 2.99. The second-order valence-corrected chi connectivity index (χ2v) is 4.83. The molecule has 0 atom stereocenters. The van der Waals surface area contributed by atoms with Crippen molar-refractivity contribution in [1.82, 2.24) is 9.97 Å². The predicted octanol–water partition coefficient (Wildman–Crippen LogP) is 3.15. The normalized spacial score (nSPS) is 10.7. The molecule has 4 heteroatoms. The van der Waals surface area contributed by atoms with Crippen LogP contribution in [-0.2, 0) is 0 Å². The molecule has 2 heterocycles. The van der Waals surface area contributed by atoms with E-state index in [1.807, 2.05) is 49.4 Å². The molecule has 0 bridgehead atoms. The number of carbonyl (C=O) groups is 1. The number of rotatable bonds is 2. The first-order valence-corrected chi connectivity index (χ1v) is 6.43. The number of fused-ring (bicyclic) bond motifs is 1. The van der Waals surface area contributed by atoms with Crippen LogP contribution in [0.25, 0.3) is 11.0 Å². The zero-order chi connectivity index (χ0) is 14.1. The number of H-pyrrole nitrogens is 1. The molecule has 0 spiro atoms. The number of aromatic amines is 1. The van der Waals surface area contributed by atoms with Gasteiger partial charge in [0, 0.05) is 24.3 Å². The zero-order valence-corrected chi connectivity index (χ0v) is 11.4. The number of nitrogens with one attached hydrogen (secondary N) is 1. The van der Waals surface area contributed by atoms with Gasteiger partial charge in [-0.25, -0.2) is 4.98 Å². The standard InChI is InChI=1S/C16H15N3O/c1-11-5-3-7-13(9-11)19(2)16(20)14-10-12-6-4-8-17-15(12)18-14/h3-10H,1-2H3,(H,17,18). The van der Waals surface area contributed by atoms with Crippen LogP contribution in [0.2, 0.25) is 0 Å². The van der Waals surface area contributed by atoms with Gasteiger partial charge in [0.2, 0.25) is 0 Å². The fourth-order valence-corrected chi connectivity index (χ4v) is 2.21. The number of amides is 1. The molecule has 1 aromatic carbocycles. The van der Waals surface area contributed by atoms with E-state index in [4.69, 9.17) is 0 Å². The first-order valence-electron chi connectivity index (χ1n) is 6.43. The van der Waals surface area contributed by atoms with E-state index in [0.717, 1.165) is 22.3 Å². The zero-order valence-electron chi connectivity index (χ0n) is 11.4. The summed E-state index contributed by atoms with van der Waals surface area (Å²) in [6, 6.07) is 13.5. The minimum absolute atomic E-state index is 0.0754. The van der Waals surface area contributed by atoms with E-state index in [0.29, 0.717) is 5.69 Å². The van der Waals surface area contributed by atoms with Crippen molar-refractivity contribution < 1.29 is 4.79 Å². The van der Waals surface area contributed by atoms with Crippen molar-refractivity contribution >= 4 is 22.6 Å². The van der Waals surface area contributed by atoms with Crippen LogP contribution in [-0.4, -0.2) is 22.9 Å². The van der Waals surface area contributed by atoms with Crippen LogP contribution >= 0.6 is 0 Å². The van der Waals surface area contributed by atoms with Crippen LogP contribution < -0.4 is 4.90 Å². The smallest absolute Gasteiger partial charge is 0.274 e. The molecule has 0 radical (unpaired) electrons. The molecular formula is C16H15N3O. The van der Waals surface area contributed by atoms with E-state index in [1.54, 1.807) is 18.1 Å². The van der Waals surface area contributed by atoms with E-state index in [9.17, 15) is 4.79 Å². The number of nitrogens with zero attached hydrogens (tertiary/aromatic N) is 2. The number of benzene rings is 1. The van der Waals surface area contributed by atoms with Crippen LogP contribution in [0, 0.1) is 6.92 Å². The maximum atomic E-state index is 12.5. The number of anilines is 1. The first-order chi connectivity index (χ1) is 9.65. The van der Waals surface area contributed by atoms with Crippen LogP contribution in [0.15, 0.2) is 48.7 Å². The maximum Gasteiger partial charge on any atom is 0.274 e. The van der Waals surface area contributed by atoms with Crippen molar-refractivity contribution in [1.29, 1.82) is 0 Å². The summed E-state index contributed by atoms with van der Waals surface area (Å²) in [6.45, 7) is 2.01. The summed E-state index contributed by atoms with van der Waals surface area (Å²) in [7, 11) is 1.77. The minimum Gasteiger partial charge on any atom is -0.335 e. The highest BCUT2D eigenvalue weighted by atomic mass is 16.2. The monoisotopic (exact) mass is 265 g/mol. The van der Waals surface area contributed by atoms with Gasteiger partial charge in [0.25, 0.3) is 5.91 Å². The van der Waals surface area contributed by atoms with Crippen molar-refractivity contribution in [3.8, 4) is 0 Å². The molecule has 0 unspecified atom stereocenters. The number of carbonyl (C=O) groups excluding carboxylic acids is 1. The maximum absolute atomic E-state index is 12.5. The molecule has 0 aliphatic carbocycles. The fourth-order valence-electron chi connectivity index (χ4n) is 2.21. The van der Waals surface area contributed by atoms with E-state index < -0.39 is 0 Å². The van der Waals surface area contributed by atoms with Gasteiger partial charge in [0.15, 0.2) is 0 Å². The molecule has 0 aliphatic heterocycles. The van der Waals surface area contributed by atoms with Crippen LogP contribution in [0.4, 0.5) is 5.69 Å². The largest absolute Gasteiger partial charge is 0.335 e. The van der Waals surface area contributed by atoms with Gasteiger partial charge >= 0.3 is 0 Å². The molecule has 4 nitrogen and oxygen atoms in total. The Bertz CT molecular complexity index is 743. The summed E-state index contributed by atoms with van der Waals surface area (Å²) in [5.41, 5.74) is 3.28.